The van der Waals surface area contributed by atoms with Gasteiger partial charge in [-0.3, -0.25) is 19.6 Å². The highest BCUT2D eigenvalue weighted by Crippen LogP contribution is 2.16. The van der Waals surface area contributed by atoms with Crippen LogP contribution in [0.4, 0.5) is 5.69 Å². The van der Waals surface area contributed by atoms with Crippen LogP contribution >= 0.6 is 0 Å². The highest BCUT2D eigenvalue weighted by Gasteiger charge is 2.23. The number of aromatic nitrogens is 2. The molecule has 0 saturated carbocycles. The van der Waals surface area contributed by atoms with Gasteiger partial charge >= 0.3 is 5.69 Å². The first-order valence-corrected chi connectivity index (χ1v) is 8.02. The van der Waals surface area contributed by atoms with Crippen LogP contribution in [0, 0.1) is 16.0 Å². The molecular weight excluding hydrogens is 300 g/mol. The Labute approximate surface area is 135 Å². The Balaban J connectivity index is 1.71. The zero-order valence-corrected chi connectivity index (χ0v) is 13.7. The van der Waals surface area contributed by atoms with Gasteiger partial charge in [0.15, 0.2) is 0 Å². The van der Waals surface area contributed by atoms with Gasteiger partial charge in [0, 0.05) is 32.7 Å². The summed E-state index contributed by atoms with van der Waals surface area (Å²) in [4.78, 5) is 24.1. The molecule has 0 spiro atoms. The van der Waals surface area contributed by atoms with Crippen molar-refractivity contribution >= 4 is 11.6 Å². The van der Waals surface area contributed by atoms with Crippen LogP contribution in [-0.4, -0.2) is 51.3 Å². The predicted octanol–water partition coefficient (Wildman–Crippen LogP) is 1.84. The van der Waals surface area contributed by atoms with Gasteiger partial charge in [-0.1, -0.05) is 13.8 Å². The van der Waals surface area contributed by atoms with E-state index in [0.29, 0.717) is 32.0 Å². The summed E-state index contributed by atoms with van der Waals surface area (Å²) < 4.78 is 7.25. The molecule has 128 valence electrons. The summed E-state index contributed by atoms with van der Waals surface area (Å²) in [5.74, 6) is 0.582. The van der Waals surface area contributed by atoms with E-state index in [1.807, 2.05) is 4.90 Å². The van der Waals surface area contributed by atoms with Crippen molar-refractivity contribution in [2.24, 2.45) is 5.92 Å². The van der Waals surface area contributed by atoms with Gasteiger partial charge in [-0.25, -0.2) is 0 Å². The molecule has 1 aliphatic rings. The first-order valence-electron chi connectivity index (χ1n) is 8.02. The predicted molar refractivity (Wildman–Crippen MR) is 83.9 cm³/mol. The van der Waals surface area contributed by atoms with E-state index < -0.39 is 4.92 Å². The molecule has 1 fully saturated rings. The van der Waals surface area contributed by atoms with Gasteiger partial charge in [-0.15, -0.1) is 0 Å². The maximum absolute atomic E-state index is 12.2. The van der Waals surface area contributed by atoms with Gasteiger partial charge in [0.2, 0.25) is 5.91 Å². The first-order chi connectivity index (χ1) is 11.0. The molecule has 0 unspecified atom stereocenters. The zero-order valence-electron chi connectivity index (χ0n) is 13.7. The number of hydrogen-bond acceptors (Lipinski definition) is 5. The molecule has 0 N–H and O–H groups in total. The molecule has 23 heavy (non-hydrogen) atoms. The van der Waals surface area contributed by atoms with E-state index in [1.54, 1.807) is 0 Å². The van der Waals surface area contributed by atoms with E-state index in [2.05, 4.69) is 18.9 Å². The van der Waals surface area contributed by atoms with Gasteiger partial charge in [0.05, 0.1) is 11.0 Å². The monoisotopic (exact) mass is 324 g/mol. The second-order valence-corrected chi connectivity index (χ2v) is 6.28. The number of aryl methyl sites for hydroxylation is 1. The molecule has 1 aliphatic heterocycles. The molecule has 2 rings (SSSR count). The van der Waals surface area contributed by atoms with Crippen LogP contribution < -0.4 is 0 Å². The molecule has 1 aromatic heterocycles. The Bertz CT molecular complexity index is 535. The molecule has 8 heteroatoms. The lowest BCUT2D eigenvalue weighted by Gasteiger charge is -2.32. The summed E-state index contributed by atoms with van der Waals surface area (Å²) in [5.41, 5.74) is -0.0550. The van der Waals surface area contributed by atoms with Gasteiger partial charge in [0.1, 0.15) is 12.4 Å². The van der Waals surface area contributed by atoms with Crippen LogP contribution in [0.25, 0.3) is 0 Å². The van der Waals surface area contributed by atoms with Gasteiger partial charge in [-0.05, 0) is 18.8 Å². The highest BCUT2D eigenvalue weighted by molar-refractivity contribution is 5.76. The van der Waals surface area contributed by atoms with Crippen LogP contribution in [-0.2, 0) is 16.1 Å². The van der Waals surface area contributed by atoms with E-state index >= 15 is 0 Å². The highest BCUT2D eigenvalue weighted by atomic mass is 16.6. The standard InChI is InChI=1S/C15H24N4O4/c1-12(2)11-23-14-3-6-17(7-4-14)15(20)5-8-18-10-13(9-16-18)19(21)22/h9-10,12,14H,3-8,11H2,1-2H3. The van der Waals surface area contributed by atoms with Crippen molar-refractivity contribution < 1.29 is 14.5 Å². The summed E-state index contributed by atoms with van der Waals surface area (Å²) in [6.07, 6.45) is 4.82. The molecular formula is C15H24N4O4. The SMILES string of the molecule is CC(C)COC1CCN(C(=O)CCn2cc([N+](=O)[O-])cn2)CC1. The van der Waals surface area contributed by atoms with Crippen molar-refractivity contribution in [1.29, 1.82) is 0 Å². The number of nitro groups is 1. The summed E-state index contributed by atoms with van der Waals surface area (Å²) in [6, 6.07) is 0. The lowest BCUT2D eigenvalue weighted by Crippen LogP contribution is -2.41. The minimum Gasteiger partial charge on any atom is -0.378 e. The first kappa shape index (κ1) is 17.4. The summed E-state index contributed by atoms with van der Waals surface area (Å²) >= 11 is 0. The van der Waals surface area contributed by atoms with E-state index in [0.717, 1.165) is 19.4 Å². The molecule has 1 amide bonds. The number of amides is 1. The number of carbonyl (C=O) groups excluding carboxylic acids is 1. The third-order valence-electron chi connectivity index (χ3n) is 3.85. The number of hydrogen-bond donors (Lipinski definition) is 0. The molecule has 2 heterocycles. The maximum Gasteiger partial charge on any atom is 0.306 e. The van der Waals surface area contributed by atoms with Crippen molar-refractivity contribution in [1.82, 2.24) is 14.7 Å². The van der Waals surface area contributed by atoms with Crippen LogP contribution in [0.5, 0.6) is 0 Å². The number of piperidine rings is 1. The number of carbonyl (C=O) groups is 1. The second-order valence-electron chi connectivity index (χ2n) is 6.28. The molecule has 0 atom stereocenters. The summed E-state index contributed by atoms with van der Waals surface area (Å²) in [7, 11) is 0. The lowest BCUT2D eigenvalue weighted by atomic mass is 10.1. The fourth-order valence-corrected chi connectivity index (χ4v) is 2.54. The third kappa shape index (κ3) is 5.31. The van der Waals surface area contributed by atoms with Crippen LogP contribution in [0.1, 0.15) is 33.1 Å². The van der Waals surface area contributed by atoms with Crippen molar-refractivity contribution in [2.75, 3.05) is 19.7 Å². The Kier molecular flexibility index (Phi) is 6.09. The number of ether oxygens (including phenoxy) is 1. The van der Waals surface area contributed by atoms with E-state index in [1.165, 1.54) is 17.1 Å². The van der Waals surface area contributed by atoms with E-state index in [9.17, 15) is 14.9 Å². The van der Waals surface area contributed by atoms with Gasteiger partial charge in [-0.2, -0.15) is 5.10 Å². The lowest BCUT2D eigenvalue weighted by molar-refractivity contribution is -0.385. The van der Waals surface area contributed by atoms with Crippen molar-refractivity contribution in [2.45, 2.75) is 45.8 Å². The smallest absolute Gasteiger partial charge is 0.306 e. The van der Waals surface area contributed by atoms with Crippen LogP contribution in [0.15, 0.2) is 12.4 Å². The van der Waals surface area contributed by atoms with Crippen molar-refractivity contribution in [3.63, 3.8) is 0 Å². The Morgan fingerprint density at radius 2 is 2.17 bits per heavy atom. The molecule has 1 saturated heterocycles. The maximum atomic E-state index is 12.2. The van der Waals surface area contributed by atoms with Crippen molar-refractivity contribution in [3.8, 4) is 0 Å². The fourth-order valence-electron chi connectivity index (χ4n) is 2.54. The Morgan fingerprint density at radius 1 is 1.48 bits per heavy atom. The fraction of sp³-hybridized carbons (Fsp3) is 0.733. The minimum atomic E-state index is -0.493. The van der Waals surface area contributed by atoms with Gasteiger partial charge < -0.3 is 9.64 Å². The minimum absolute atomic E-state index is 0.0550. The summed E-state index contributed by atoms with van der Waals surface area (Å²) in [5, 5.41) is 14.5. The van der Waals surface area contributed by atoms with Crippen LogP contribution in [0.3, 0.4) is 0 Å². The average molecular weight is 324 g/mol. The zero-order chi connectivity index (χ0) is 16.8. The van der Waals surface area contributed by atoms with Gasteiger partial charge in [0.25, 0.3) is 0 Å². The largest absolute Gasteiger partial charge is 0.378 e. The molecule has 0 aliphatic carbocycles. The molecule has 0 radical (unpaired) electrons. The molecule has 8 nitrogen and oxygen atoms in total. The third-order valence-corrected chi connectivity index (χ3v) is 3.85. The van der Waals surface area contributed by atoms with Crippen molar-refractivity contribution in [3.05, 3.63) is 22.5 Å². The molecule has 1 aromatic rings. The average Bonchev–Trinajstić information content (AvgIpc) is 3.00. The Hall–Kier alpha value is -1.96. The molecule has 0 aromatic carbocycles. The van der Waals surface area contributed by atoms with E-state index in [4.69, 9.17) is 4.74 Å². The normalized spacial score (nSPS) is 16.0. The topological polar surface area (TPSA) is 90.5 Å². The summed E-state index contributed by atoms with van der Waals surface area (Å²) in [6.45, 7) is 6.78. The second kappa shape index (κ2) is 8.05. The quantitative estimate of drug-likeness (QED) is 0.564. The number of nitrogens with zero attached hydrogens (tertiary/aromatic N) is 4. The number of likely N-dealkylation sites (tertiary alicyclic amines) is 1. The van der Waals surface area contributed by atoms with E-state index in [-0.39, 0.29) is 17.7 Å². The molecule has 0 bridgehead atoms. The van der Waals surface area contributed by atoms with Crippen LogP contribution in [0.2, 0.25) is 0 Å². The Morgan fingerprint density at radius 3 is 2.74 bits per heavy atom. The number of rotatable bonds is 7.